The van der Waals surface area contributed by atoms with Gasteiger partial charge in [-0.05, 0) is 44.5 Å². The van der Waals surface area contributed by atoms with Crippen LogP contribution in [0.1, 0.15) is 40.1 Å². The number of ether oxygens (including phenoxy) is 1. The number of aromatic carboxylic acids is 1. The second-order valence-corrected chi connectivity index (χ2v) is 7.67. The highest BCUT2D eigenvalue weighted by molar-refractivity contribution is 5.94. The lowest BCUT2D eigenvalue weighted by molar-refractivity contribution is 0.0698. The number of aryl methyl sites for hydroxylation is 2. The fraction of sp³-hybridized carbons (Fsp3) is 0.348. The van der Waals surface area contributed by atoms with E-state index in [-0.39, 0.29) is 11.6 Å². The Morgan fingerprint density at radius 1 is 1.17 bits per heavy atom. The Hall–Kier alpha value is -3.19. The molecule has 0 spiro atoms. The maximum atomic E-state index is 11.6. The van der Waals surface area contributed by atoms with Crippen LogP contribution in [0.3, 0.4) is 0 Å². The number of benzene rings is 2. The topological polar surface area (TPSA) is 87.6 Å². The molecule has 1 fully saturated rings. The van der Waals surface area contributed by atoms with E-state index in [1.54, 1.807) is 18.2 Å². The Balaban J connectivity index is 1.76. The number of hydrogen-bond acceptors (Lipinski definition) is 6. The summed E-state index contributed by atoms with van der Waals surface area (Å²) in [4.78, 5) is 23.7. The summed E-state index contributed by atoms with van der Waals surface area (Å²) < 4.78 is 5.48. The van der Waals surface area contributed by atoms with Crippen molar-refractivity contribution in [2.75, 3.05) is 36.5 Å². The second-order valence-electron chi connectivity index (χ2n) is 7.67. The van der Waals surface area contributed by atoms with Crippen LogP contribution in [0.25, 0.3) is 11.0 Å². The third kappa shape index (κ3) is 3.93. The van der Waals surface area contributed by atoms with Gasteiger partial charge in [0.25, 0.3) is 0 Å². The molecule has 0 aliphatic carbocycles. The maximum Gasteiger partial charge on any atom is 0.337 e. The zero-order valence-corrected chi connectivity index (χ0v) is 17.5. The molecule has 1 saturated heterocycles. The number of morpholine rings is 1. The molecule has 2 heterocycles. The van der Waals surface area contributed by atoms with Crippen LogP contribution in [-0.2, 0) is 4.74 Å². The fourth-order valence-corrected chi connectivity index (χ4v) is 3.92. The minimum Gasteiger partial charge on any atom is -0.478 e. The third-order valence-corrected chi connectivity index (χ3v) is 5.40. The van der Waals surface area contributed by atoms with Crippen molar-refractivity contribution in [1.82, 2.24) is 9.97 Å². The van der Waals surface area contributed by atoms with Gasteiger partial charge < -0.3 is 20.1 Å². The number of carboxylic acid groups (broad SMARTS) is 1. The Morgan fingerprint density at radius 3 is 2.63 bits per heavy atom. The van der Waals surface area contributed by atoms with Crippen molar-refractivity contribution in [3.63, 3.8) is 0 Å². The summed E-state index contributed by atoms with van der Waals surface area (Å²) in [6.07, 6.45) is 0. The van der Waals surface area contributed by atoms with E-state index in [4.69, 9.17) is 14.7 Å². The lowest BCUT2D eigenvalue weighted by Gasteiger charge is -2.29. The predicted octanol–water partition coefficient (Wildman–Crippen LogP) is 3.95. The largest absolute Gasteiger partial charge is 0.478 e. The van der Waals surface area contributed by atoms with E-state index in [2.05, 4.69) is 16.3 Å². The van der Waals surface area contributed by atoms with Gasteiger partial charge in [0.05, 0.1) is 41.5 Å². The highest BCUT2D eigenvalue weighted by Crippen LogP contribution is 2.30. The molecule has 2 aromatic carbocycles. The highest BCUT2D eigenvalue weighted by Gasteiger charge is 2.20. The van der Waals surface area contributed by atoms with E-state index in [9.17, 15) is 9.90 Å². The number of nitrogens with one attached hydrogen (secondary N) is 1. The van der Waals surface area contributed by atoms with Crippen molar-refractivity contribution in [1.29, 1.82) is 0 Å². The van der Waals surface area contributed by atoms with Gasteiger partial charge in [0.1, 0.15) is 0 Å². The van der Waals surface area contributed by atoms with Gasteiger partial charge in [-0.25, -0.2) is 14.8 Å². The van der Waals surface area contributed by atoms with Crippen LogP contribution in [0.4, 0.5) is 11.5 Å². The molecule has 1 aromatic heterocycles. The molecular formula is C23H26N4O3. The Bertz CT molecular complexity index is 1090. The number of hydrogen-bond donors (Lipinski definition) is 2. The molecule has 0 radical (unpaired) electrons. The smallest absolute Gasteiger partial charge is 0.337 e. The third-order valence-electron chi connectivity index (χ3n) is 5.40. The SMILES string of the molecule is Cc1cc([C@H](C)Nc2ccccc2C(=O)O)c2nc(N3CCOCC3)c(C)nc2c1. The van der Waals surface area contributed by atoms with Crippen LogP contribution < -0.4 is 10.2 Å². The van der Waals surface area contributed by atoms with Crippen molar-refractivity contribution in [3.05, 3.63) is 58.8 Å². The molecule has 1 aliphatic rings. The Kier molecular flexibility index (Phi) is 5.55. The minimum absolute atomic E-state index is 0.151. The molecule has 0 amide bonds. The molecule has 0 bridgehead atoms. The van der Waals surface area contributed by atoms with E-state index in [1.807, 2.05) is 32.9 Å². The number of carboxylic acids is 1. The molecule has 4 rings (SSSR count). The highest BCUT2D eigenvalue weighted by atomic mass is 16.5. The second kappa shape index (κ2) is 8.28. The van der Waals surface area contributed by atoms with Crippen LogP contribution in [0.2, 0.25) is 0 Å². The predicted molar refractivity (Wildman–Crippen MR) is 117 cm³/mol. The van der Waals surface area contributed by atoms with Crippen molar-refractivity contribution in [2.45, 2.75) is 26.8 Å². The minimum atomic E-state index is -0.954. The number of nitrogens with zero attached hydrogens (tertiary/aromatic N) is 3. The van der Waals surface area contributed by atoms with E-state index in [0.29, 0.717) is 18.9 Å². The standard InChI is InChI=1S/C23H26N4O3/c1-14-12-18(15(2)24-19-7-5-4-6-17(19)23(28)29)21-20(13-14)25-16(3)22(26-21)27-8-10-30-11-9-27/h4-7,12-13,15,24H,8-11H2,1-3H3,(H,28,29)/t15-/m0/s1. The van der Waals surface area contributed by atoms with Gasteiger partial charge in [0.15, 0.2) is 5.82 Å². The number of anilines is 2. The summed E-state index contributed by atoms with van der Waals surface area (Å²) in [7, 11) is 0. The lowest BCUT2D eigenvalue weighted by atomic mass is 10.0. The van der Waals surface area contributed by atoms with E-state index < -0.39 is 5.97 Å². The zero-order valence-electron chi connectivity index (χ0n) is 17.5. The molecule has 0 unspecified atom stereocenters. The molecule has 3 aromatic rings. The van der Waals surface area contributed by atoms with Gasteiger partial charge in [0, 0.05) is 24.3 Å². The number of aromatic nitrogens is 2. The first-order chi connectivity index (χ1) is 14.4. The van der Waals surface area contributed by atoms with E-state index >= 15 is 0 Å². The first-order valence-electron chi connectivity index (χ1n) is 10.1. The van der Waals surface area contributed by atoms with Crippen molar-refractivity contribution >= 4 is 28.5 Å². The summed E-state index contributed by atoms with van der Waals surface area (Å²) >= 11 is 0. The molecule has 0 saturated carbocycles. The fourth-order valence-electron chi connectivity index (χ4n) is 3.92. The summed E-state index contributed by atoms with van der Waals surface area (Å²) in [5.74, 6) is -0.0709. The van der Waals surface area contributed by atoms with Crippen LogP contribution in [0.15, 0.2) is 36.4 Å². The quantitative estimate of drug-likeness (QED) is 0.663. The van der Waals surface area contributed by atoms with Crippen molar-refractivity contribution in [2.24, 2.45) is 0 Å². The van der Waals surface area contributed by atoms with Crippen molar-refractivity contribution < 1.29 is 14.6 Å². The average molecular weight is 406 g/mol. The molecule has 156 valence electrons. The monoisotopic (exact) mass is 406 g/mol. The molecule has 1 atom stereocenters. The number of fused-ring (bicyclic) bond motifs is 1. The first-order valence-corrected chi connectivity index (χ1v) is 10.1. The molecule has 1 aliphatic heterocycles. The maximum absolute atomic E-state index is 11.6. The Morgan fingerprint density at radius 2 is 1.90 bits per heavy atom. The number of para-hydroxylation sites is 1. The van der Waals surface area contributed by atoms with Crippen LogP contribution in [-0.4, -0.2) is 47.3 Å². The van der Waals surface area contributed by atoms with Crippen LogP contribution >= 0.6 is 0 Å². The lowest BCUT2D eigenvalue weighted by Crippen LogP contribution is -2.37. The molecule has 7 heteroatoms. The summed E-state index contributed by atoms with van der Waals surface area (Å²) in [6, 6.07) is 10.9. The molecule has 7 nitrogen and oxygen atoms in total. The van der Waals surface area contributed by atoms with Gasteiger partial charge in [-0.2, -0.15) is 0 Å². The normalized spacial score (nSPS) is 15.2. The van der Waals surface area contributed by atoms with Gasteiger partial charge in [-0.3, -0.25) is 0 Å². The van der Waals surface area contributed by atoms with Gasteiger partial charge in [-0.15, -0.1) is 0 Å². The average Bonchev–Trinajstić information content (AvgIpc) is 2.73. The van der Waals surface area contributed by atoms with Gasteiger partial charge >= 0.3 is 5.97 Å². The van der Waals surface area contributed by atoms with E-state index in [1.165, 1.54) is 0 Å². The Labute approximate surface area is 175 Å². The first kappa shape index (κ1) is 20.1. The van der Waals surface area contributed by atoms with Gasteiger partial charge in [0.2, 0.25) is 0 Å². The van der Waals surface area contributed by atoms with Crippen LogP contribution in [0, 0.1) is 13.8 Å². The number of carbonyl (C=O) groups is 1. The molecule has 30 heavy (non-hydrogen) atoms. The molecular weight excluding hydrogens is 380 g/mol. The summed E-state index contributed by atoms with van der Waals surface area (Å²) in [5.41, 5.74) is 5.49. The van der Waals surface area contributed by atoms with Crippen molar-refractivity contribution in [3.8, 4) is 0 Å². The molecule has 2 N–H and O–H groups in total. The summed E-state index contributed by atoms with van der Waals surface area (Å²) in [5, 5.41) is 12.9. The van der Waals surface area contributed by atoms with E-state index in [0.717, 1.165) is 46.8 Å². The van der Waals surface area contributed by atoms with Gasteiger partial charge in [-0.1, -0.05) is 18.2 Å². The zero-order chi connectivity index (χ0) is 21.3. The van der Waals surface area contributed by atoms with Crippen LogP contribution in [0.5, 0.6) is 0 Å². The number of rotatable bonds is 5. The summed E-state index contributed by atoms with van der Waals surface area (Å²) in [6.45, 7) is 9.00.